The van der Waals surface area contributed by atoms with Gasteiger partial charge in [0.15, 0.2) is 0 Å². The summed E-state index contributed by atoms with van der Waals surface area (Å²) in [5.41, 5.74) is 0. The third-order valence-electron chi connectivity index (χ3n) is 12.6. The molecule has 4 heteroatoms. The number of hydrogen-bond acceptors (Lipinski definition) is 3. The van der Waals surface area contributed by atoms with Crippen molar-refractivity contribution in [2.75, 3.05) is 6.61 Å². The van der Waals surface area contributed by atoms with Crippen LogP contribution in [0.1, 0.15) is 296 Å². The molecule has 0 radical (unpaired) electrons. The topological polar surface area (TPSA) is 69.6 Å². The van der Waals surface area contributed by atoms with Gasteiger partial charge in [-0.2, -0.15) is 0 Å². The Kier molecular flexibility index (Phi) is 50.8. The molecule has 0 heterocycles. The van der Waals surface area contributed by atoms with E-state index in [0.717, 1.165) is 32.1 Å². The number of unbranched alkanes of at least 4 members (excludes halogenated alkanes) is 39. The predicted octanol–water partition coefficient (Wildman–Crippen LogP) is 17.7. The van der Waals surface area contributed by atoms with Gasteiger partial charge in [0.25, 0.3) is 0 Å². The van der Waals surface area contributed by atoms with Crippen LogP contribution in [-0.4, -0.2) is 34.9 Å². The second-order valence-electron chi connectivity index (χ2n) is 18.7. The van der Waals surface area contributed by atoms with E-state index < -0.39 is 12.1 Å². The molecular weight excluding hydrogens is 735 g/mol. The summed E-state index contributed by atoms with van der Waals surface area (Å²) in [4.78, 5) is 12.4. The number of amides is 1. The Labute approximate surface area is 376 Å². The third-order valence-corrected chi connectivity index (χ3v) is 12.6. The highest BCUT2D eigenvalue weighted by Crippen LogP contribution is 2.17. The van der Waals surface area contributed by atoms with Gasteiger partial charge in [-0.05, 0) is 51.4 Å². The van der Waals surface area contributed by atoms with Crippen LogP contribution in [0, 0.1) is 0 Å². The van der Waals surface area contributed by atoms with Crippen LogP contribution in [-0.2, 0) is 4.79 Å². The van der Waals surface area contributed by atoms with Gasteiger partial charge in [0.05, 0.1) is 18.8 Å². The monoisotopic (exact) mass is 842 g/mol. The van der Waals surface area contributed by atoms with Crippen molar-refractivity contribution in [2.45, 2.75) is 309 Å². The molecule has 0 rings (SSSR count). The predicted molar refractivity (Wildman–Crippen MR) is 267 cm³/mol. The minimum atomic E-state index is -0.836. The van der Waals surface area contributed by atoms with Crippen molar-refractivity contribution in [3.63, 3.8) is 0 Å². The summed E-state index contributed by atoms with van der Waals surface area (Å²) in [5, 5.41) is 23.1. The molecule has 4 nitrogen and oxygen atoms in total. The van der Waals surface area contributed by atoms with E-state index in [1.54, 1.807) is 6.08 Å². The molecule has 0 saturated heterocycles. The third kappa shape index (κ3) is 47.7. The van der Waals surface area contributed by atoms with Crippen molar-refractivity contribution in [1.29, 1.82) is 0 Å². The van der Waals surface area contributed by atoms with Crippen LogP contribution in [0.3, 0.4) is 0 Å². The fraction of sp³-hybridized carbons (Fsp3) is 0.875. The molecule has 0 aliphatic rings. The van der Waals surface area contributed by atoms with E-state index in [9.17, 15) is 15.0 Å². The maximum atomic E-state index is 12.4. The summed E-state index contributed by atoms with van der Waals surface area (Å²) in [6.45, 7) is 4.32. The van der Waals surface area contributed by atoms with E-state index in [-0.39, 0.29) is 12.5 Å². The van der Waals surface area contributed by atoms with Crippen LogP contribution in [0.2, 0.25) is 0 Å². The largest absolute Gasteiger partial charge is 0.394 e. The van der Waals surface area contributed by atoms with Crippen molar-refractivity contribution >= 4 is 5.91 Å². The molecule has 60 heavy (non-hydrogen) atoms. The van der Waals surface area contributed by atoms with Gasteiger partial charge in [-0.25, -0.2) is 0 Å². The van der Waals surface area contributed by atoms with E-state index in [4.69, 9.17) is 0 Å². The SMILES string of the molecule is CCCCCCC/C=C\C/C=C\CCCCCCCCCCCCCCCCCCCCCCCC(=O)NC(CO)C(O)/C=C/CCCCCCCCCCCCCCC. The van der Waals surface area contributed by atoms with Crippen LogP contribution < -0.4 is 5.32 Å². The van der Waals surface area contributed by atoms with Crippen molar-refractivity contribution in [3.8, 4) is 0 Å². The normalized spacial score (nSPS) is 13.1. The molecular formula is C56H107NO3. The lowest BCUT2D eigenvalue weighted by molar-refractivity contribution is -0.123. The Balaban J connectivity index is 3.43. The highest BCUT2D eigenvalue weighted by molar-refractivity contribution is 5.76. The van der Waals surface area contributed by atoms with Gasteiger partial charge in [-0.3, -0.25) is 4.79 Å². The summed E-state index contributed by atoms with van der Waals surface area (Å²) >= 11 is 0. The number of aliphatic hydroxyl groups is 2. The maximum absolute atomic E-state index is 12.4. The molecule has 0 aromatic heterocycles. The van der Waals surface area contributed by atoms with Crippen LogP contribution >= 0.6 is 0 Å². The molecule has 0 aliphatic heterocycles. The zero-order valence-electron chi connectivity index (χ0n) is 40.7. The smallest absolute Gasteiger partial charge is 0.220 e. The Bertz CT molecular complexity index is 912. The van der Waals surface area contributed by atoms with E-state index >= 15 is 0 Å². The molecule has 0 aliphatic carbocycles. The molecule has 2 unspecified atom stereocenters. The lowest BCUT2D eigenvalue weighted by atomic mass is 10.0. The first kappa shape index (κ1) is 58.6. The molecule has 0 spiro atoms. The number of aliphatic hydroxyl groups excluding tert-OH is 2. The lowest BCUT2D eigenvalue weighted by Gasteiger charge is -2.20. The van der Waals surface area contributed by atoms with E-state index in [2.05, 4.69) is 43.5 Å². The van der Waals surface area contributed by atoms with Gasteiger partial charge in [-0.1, -0.05) is 275 Å². The van der Waals surface area contributed by atoms with Crippen molar-refractivity contribution in [2.24, 2.45) is 0 Å². The quantitative estimate of drug-likeness (QED) is 0.0422. The first-order chi connectivity index (χ1) is 29.7. The van der Waals surface area contributed by atoms with Crippen LogP contribution in [0.4, 0.5) is 0 Å². The lowest BCUT2D eigenvalue weighted by Crippen LogP contribution is -2.45. The first-order valence-electron chi connectivity index (χ1n) is 27.2. The van der Waals surface area contributed by atoms with E-state index in [1.807, 2.05) is 6.08 Å². The summed E-state index contributed by atoms with van der Waals surface area (Å²) in [5.74, 6) is -0.0595. The second-order valence-corrected chi connectivity index (χ2v) is 18.7. The Hall–Kier alpha value is -1.39. The molecule has 354 valence electrons. The molecule has 0 aromatic rings. The standard InChI is InChI=1S/C56H107NO3/c1-3-5-7-9-11-13-15-17-19-20-21-22-23-24-25-26-27-28-29-30-31-32-33-34-35-36-38-40-42-44-46-48-50-52-56(60)57-54(53-58)55(59)51-49-47-45-43-41-39-37-18-16-14-12-10-8-6-4-2/h15,17,20-21,49,51,54-55,58-59H,3-14,16,18-19,22-48,50,52-53H2,1-2H3,(H,57,60)/b17-15-,21-20-,51-49+. The maximum Gasteiger partial charge on any atom is 0.220 e. The molecule has 0 bridgehead atoms. The van der Waals surface area contributed by atoms with Gasteiger partial charge >= 0.3 is 0 Å². The second kappa shape index (κ2) is 52.0. The zero-order chi connectivity index (χ0) is 43.5. The highest BCUT2D eigenvalue weighted by atomic mass is 16.3. The number of hydrogen-bond donors (Lipinski definition) is 3. The number of allylic oxidation sites excluding steroid dienone is 5. The summed E-state index contributed by atoms with van der Waals surface area (Å²) in [6.07, 6.45) is 70.2. The summed E-state index contributed by atoms with van der Waals surface area (Å²) in [7, 11) is 0. The van der Waals surface area contributed by atoms with Crippen LogP contribution in [0.15, 0.2) is 36.5 Å². The highest BCUT2D eigenvalue weighted by Gasteiger charge is 2.18. The fourth-order valence-electron chi connectivity index (χ4n) is 8.45. The molecule has 3 N–H and O–H groups in total. The van der Waals surface area contributed by atoms with E-state index in [0.29, 0.717) is 6.42 Å². The minimum Gasteiger partial charge on any atom is -0.394 e. The summed E-state index contributed by atoms with van der Waals surface area (Å²) in [6, 6.07) is -0.619. The molecule has 0 aromatic carbocycles. The van der Waals surface area contributed by atoms with Gasteiger partial charge in [0.2, 0.25) is 5.91 Å². The van der Waals surface area contributed by atoms with Crippen LogP contribution in [0.5, 0.6) is 0 Å². The van der Waals surface area contributed by atoms with E-state index in [1.165, 1.54) is 244 Å². The van der Waals surface area contributed by atoms with Crippen molar-refractivity contribution in [3.05, 3.63) is 36.5 Å². The van der Waals surface area contributed by atoms with Gasteiger partial charge in [0, 0.05) is 6.42 Å². The molecule has 0 fully saturated rings. The average molecular weight is 842 g/mol. The molecule has 0 saturated carbocycles. The Morgan fingerprint density at radius 3 is 1.00 bits per heavy atom. The number of carbonyl (C=O) groups excluding carboxylic acids is 1. The Morgan fingerprint density at radius 1 is 0.400 bits per heavy atom. The average Bonchev–Trinajstić information content (AvgIpc) is 3.25. The molecule has 2 atom stereocenters. The fourth-order valence-corrected chi connectivity index (χ4v) is 8.45. The van der Waals surface area contributed by atoms with Crippen molar-refractivity contribution in [1.82, 2.24) is 5.32 Å². The van der Waals surface area contributed by atoms with Crippen LogP contribution in [0.25, 0.3) is 0 Å². The number of nitrogens with one attached hydrogen (secondary N) is 1. The van der Waals surface area contributed by atoms with Gasteiger partial charge in [0.1, 0.15) is 0 Å². The first-order valence-corrected chi connectivity index (χ1v) is 27.2. The van der Waals surface area contributed by atoms with Gasteiger partial charge < -0.3 is 15.5 Å². The Morgan fingerprint density at radius 2 is 0.683 bits per heavy atom. The zero-order valence-corrected chi connectivity index (χ0v) is 40.7. The number of carbonyl (C=O) groups is 1. The summed E-state index contributed by atoms with van der Waals surface area (Å²) < 4.78 is 0. The minimum absolute atomic E-state index is 0.0595. The van der Waals surface area contributed by atoms with Gasteiger partial charge in [-0.15, -0.1) is 0 Å². The van der Waals surface area contributed by atoms with Crippen molar-refractivity contribution < 1.29 is 15.0 Å². The molecule has 1 amide bonds. The number of rotatable bonds is 50.